The monoisotopic (exact) mass is 262 g/mol. The molecule has 1 aromatic heterocycles. The van der Waals surface area contributed by atoms with Gasteiger partial charge >= 0.3 is 0 Å². The number of nitrogens with one attached hydrogen (secondary N) is 1. The lowest BCUT2D eigenvalue weighted by molar-refractivity contribution is 0.0760. The van der Waals surface area contributed by atoms with Crippen molar-refractivity contribution >= 4 is 5.91 Å². The normalized spacial score (nSPS) is 16.3. The molecule has 0 spiro atoms. The highest BCUT2D eigenvalue weighted by atomic mass is 16.2. The topological polar surface area (TPSA) is 53.2 Å². The van der Waals surface area contributed by atoms with Gasteiger partial charge in [0.2, 0.25) is 5.56 Å². The number of hydrogen-bond acceptors (Lipinski definition) is 2. The first-order valence-electron chi connectivity index (χ1n) is 7.02. The molecule has 1 fully saturated rings. The van der Waals surface area contributed by atoms with E-state index in [0.717, 1.165) is 12.2 Å². The first kappa shape index (κ1) is 13.8. The molecule has 0 saturated heterocycles. The summed E-state index contributed by atoms with van der Waals surface area (Å²) >= 11 is 0. The second-order valence-electron chi connectivity index (χ2n) is 5.61. The average molecular weight is 262 g/mol. The summed E-state index contributed by atoms with van der Waals surface area (Å²) in [7, 11) is 1.83. The number of hydrogen-bond donors (Lipinski definition) is 1. The van der Waals surface area contributed by atoms with Crippen LogP contribution in [0.5, 0.6) is 0 Å². The average Bonchev–Trinajstić information content (AvgIpc) is 2.37. The minimum absolute atomic E-state index is 0.0558. The van der Waals surface area contributed by atoms with Gasteiger partial charge in [0.1, 0.15) is 0 Å². The zero-order chi connectivity index (χ0) is 13.8. The summed E-state index contributed by atoms with van der Waals surface area (Å²) in [6, 6.07) is 3.12. The fourth-order valence-corrected chi connectivity index (χ4v) is 2.87. The predicted molar refractivity (Wildman–Crippen MR) is 75.3 cm³/mol. The lowest BCUT2D eigenvalue weighted by atomic mass is 9.89. The van der Waals surface area contributed by atoms with E-state index in [2.05, 4.69) is 4.98 Å². The van der Waals surface area contributed by atoms with Gasteiger partial charge in [-0.3, -0.25) is 9.59 Å². The molecule has 1 saturated carbocycles. The van der Waals surface area contributed by atoms with Crippen molar-refractivity contribution in [1.29, 1.82) is 0 Å². The largest absolute Gasteiger partial charge is 0.341 e. The molecule has 1 amide bonds. The molecule has 4 nitrogen and oxygen atoms in total. The van der Waals surface area contributed by atoms with Crippen molar-refractivity contribution in [1.82, 2.24) is 9.88 Å². The van der Waals surface area contributed by atoms with Gasteiger partial charge in [0.05, 0.1) is 0 Å². The Hall–Kier alpha value is -1.58. The van der Waals surface area contributed by atoms with Gasteiger partial charge in [-0.1, -0.05) is 19.3 Å². The first-order valence-corrected chi connectivity index (χ1v) is 7.02. The number of aromatic nitrogens is 1. The Labute approximate surface area is 113 Å². The van der Waals surface area contributed by atoms with E-state index in [1.165, 1.54) is 38.2 Å². The zero-order valence-corrected chi connectivity index (χ0v) is 11.7. The van der Waals surface area contributed by atoms with Gasteiger partial charge in [0, 0.05) is 30.9 Å². The molecule has 0 aliphatic heterocycles. The molecule has 1 aliphatic rings. The van der Waals surface area contributed by atoms with Crippen molar-refractivity contribution in [2.75, 3.05) is 13.6 Å². The number of pyridine rings is 1. The number of amides is 1. The van der Waals surface area contributed by atoms with Crippen LogP contribution in [-0.4, -0.2) is 29.4 Å². The summed E-state index contributed by atoms with van der Waals surface area (Å²) in [5, 5.41) is 0. The second kappa shape index (κ2) is 6.04. The van der Waals surface area contributed by atoms with Crippen molar-refractivity contribution in [3.63, 3.8) is 0 Å². The van der Waals surface area contributed by atoms with Crippen LogP contribution in [0, 0.1) is 12.8 Å². The third-order valence-electron chi connectivity index (χ3n) is 3.83. The van der Waals surface area contributed by atoms with Crippen molar-refractivity contribution in [3.8, 4) is 0 Å². The third kappa shape index (κ3) is 3.69. The molecule has 1 N–H and O–H groups in total. The Morgan fingerprint density at radius 1 is 1.32 bits per heavy atom. The van der Waals surface area contributed by atoms with Crippen molar-refractivity contribution in [3.05, 3.63) is 33.7 Å². The number of nitrogens with zero attached hydrogens (tertiary/aromatic N) is 1. The van der Waals surface area contributed by atoms with E-state index in [0.29, 0.717) is 11.5 Å². The van der Waals surface area contributed by atoms with Crippen LogP contribution in [0.1, 0.15) is 48.2 Å². The smallest absolute Gasteiger partial charge is 0.253 e. The molecule has 0 unspecified atom stereocenters. The highest BCUT2D eigenvalue weighted by Crippen LogP contribution is 2.24. The molecule has 1 aromatic rings. The van der Waals surface area contributed by atoms with Gasteiger partial charge in [-0.25, -0.2) is 0 Å². The Morgan fingerprint density at radius 3 is 2.63 bits per heavy atom. The molecule has 2 rings (SSSR count). The van der Waals surface area contributed by atoms with Crippen LogP contribution in [0.25, 0.3) is 0 Å². The van der Waals surface area contributed by atoms with Gasteiger partial charge in [-0.05, 0) is 31.7 Å². The van der Waals surface area contributed by atoms with Crippen LogP contribution in [0.3, 0.4) is 0 Å². The zero-order valence-electron chi connectivity index (χ0n) is 11.7. The van der Waals surface area contributed by atoms with Crippen molar-refractivity contribution in [2.24, 2.45) is 5.92 Å². The molecule has 104 valence electrons. The summed E-state index contributed by atoms with van der Waals surface area (Å²) in [5.74, 6) is 0.561. The number of carbonyl (C=O) groups excluding carboxylic acids is 1. The fraction of sp³-hybridized carbons (Fsp3) is 0.600. The SMILES string of the molecule is Cc1cc(C(=O)N(C)CC2CCCCC2)cc(=O)[nH]1. The maximum absolute atomic E-state index is 12.3. The van der Waals surface area contributed by atoms with E-state index >= 15 is 0 Å². The van der Waals surface area contributed by atoms with Gasteiger partial charge in [0.25, 0.3) is 5.91 Å². The molecule has 1 aliphatic carbocycles. The summed E-state index contributed by atoms with van der Waals surface area (Å²) in [6.45, 7) is 2.59. The molecule has 0 radical (unpaired) electrons. The van der Waals surface area contributed by atoms with Gasteiger partial charge in [-0.15, -0.1) is 0 Å². The number of rotatable bonds is 3. The highest BCUT2D eigenvalue weighted by Gasteiger charge is 2.19. The molecule has 1 heterocycles. The molecule has 19 heavy (non-hydrogen) atoms. The van der Waals surface area contributed by atoms with Crippen LogP contribution >= 0.6 is 0 Å². The van der Waals surface area contributed by atoms with Crippen LogP contribution in [0.15, 0.2) is 16.9 Å². The number of carbonyl (C=O) groups is 1. The maximum Gasteiger partial charge on any atom is 0.253 e. The van der Waals surface area contributed by atoms with E-state index < -0.39 is 0 Å². The van der Waals surface area contributed by atoms with E-state index in [1.54, 1.807) is 17.9 Å². The van der Waals surface area contributed by atoms with E-state index in [1.807, 2.05) is 7.05 Å². The highest BCUT2D eigenvalue weighted by molar-refractivity contribution is 5.94. The standard InChI is InChI=1S/C15H22N2O2/c1-11-8-13(9-14(18)16-11)15(19)17(2)10-12-6-4-3-5-7-12/h8-9,12H,3-7,10H2,1-2H3,(H,16,18). The van der Waals surface area contributed by atoms with Crippen LogP contribution in [0.4, 0.5) is 0 Å². The number of aryl methyl sites for hydroxylation is 1. The molecular formula is C15H22N2O2. The summed E-state index contributed by atoms with van der Waals surface area (Å²) in [6.07, 6.45) is 6.30. The molecule has 0 aromatic carbocycles. The number of H-pyrrole nitrogens is 1. The first-order chi connectivity index (χ1) is 9.06. The quantitative estimate of drug-likeness (QED) is 0.909. The minimum atomic E-state index is -0.214. The summed E-state index contributed by atoms with van der Waals surface area (Å²) in [4.78, 5) is 28.1. The van der Waals surface area contributed by atoms with Gasteiger partial charge < -0.3 is 9.88 Å². The number of aromatic amines is 1. The Kier molecular flexibility index (Phi) is 4.40. The predicted octanol–water partition coefficient (Wildman–Crippen LogP) is 2.34. The Balaban J connectivity index is 2.03. The van der Waals surface area contributed by atoms with Gasteiger partial charge in [0.15, 0.2) is 0 Å². The van der Waals surface area contributed by atoms with Crippen LogP contribution < -0.4 is 5.56 Å². The minimum Gasteiger partial charge on any atom is -0.341 e. The molecule has 0 bridgehead atoms. The fourth-order valence-electron chi connectivity index (χ4n) is 2.87. The summed E-state index contributed by atoms with van der Waals surface area (Å²) in [5.41, 5.74) is 0.996. The summed E-state index contributed by atoms with van der Waals surface area (Å²) < 4.78 is 0. The molecule has 0 atom stereocenters. The van der Waals surface area contributed by atoms with Crippen molar-refractivity contribution in [2.45, 2.75) is 39.0 Å². The third-order valence-corrected chi connectivity index (χ3v) is 3.83. The van der Waals surface area contributed by atoms with E-state index in [4.69, 9.17) is 0 Å². The molecular weight excluding hydrogens is 240 g/mol. The lowest BCUT2D eigenvalue weighted by Crippen LogP contribution is -2.33. The van der Waals surface area contributed by atoms with E-state index in [9.17, 15) is 9.59 Å². The Morgan fingerprint density at radius 2 is 2.00 bits per heavy atom. The second-order valence-corrected chi connectivity index (χ2v) is 5.61. The van der Waals surface area contributed by atoms with Crippen LogP contribution in [-0.2, 0) is 0 Å². The lowest BCUT2D eigenvalue weighted by Gasteiger charge is -2.27. The van der Waals surface area contributed by atoms with Crippen molar-refractivity contribution < 1.29 is 4.79 Å². The maximum atomic E-state index is 12.3. The van der Waals surface area contributed by atoms with Gasteiger partial charge in [-0.2, -0.15) is 0 Å². The molecule has 4 heteroatoms. The Bertz CT molecular complexity index is 501. The van der Waals surface area contributed by atoms with E-state index in [-0.39, 0.29) is 11.5 Å². The van der Waals surface area contributed by atoms with Crippen LogP contribution in [0.2, 0.25) is 0 Å².